The van der Waals surface area contributed by atoms with Gasteiger partial charge in [0.1, 0.15) is 5.75 Å². The molecule has 4 heteroatoms. The molecule has 1 heterocycles. The van der Waals surface area contributed by atoms with Crippen LogP contribution in [0.5, 0.6) is 5.75 Å². The number of nitrogens with two attached hydrogens (primary N) is 1. The predicted octanol–water partition coefficient (Wildman–Crippen LogP) is 4.25. The minimum atomic E-state index is -0.251. The molecule has 0 radical (unpaired) electrons. The van der Waals surface area contributed by atoms with Gasteiger partial charge in [-0.3, -0.25) is 0 Å². The molecule has 3 aromatic rings. The second-order valence-electron chi connectivity index (χ2n) is 4.53. The molecule has 0 amide bonds. The molecule has 1 atom stereocenters. The lowest BCUT2D eigenvalue weighted by atomic mass is 9.95. The van der Waals surface area contributed by atoms with Gasteiger partial charge in [0, 0.05) is 10.9 Å². The van der Waals surface area contributed by atoms with Crippen LogP contribution in [0.2, 0.25) is 0 Å². The molecule has 0 aliphatic rings. The third-order valence-electron chi connectivity index (χ3n) is 3.45. The molecule has 0 saturated heterocycles. The molecule has 20 heavy (non-hydrogen) atoms. The first-order valence-electron chi connectivity index (χ1n) is 6.26. The number of hydrogen-bond acceptors (Lipinski definition) is 3. The fourth-order valence-corrected chi connectivity index (χ4v) is 2.92. The van der Waals surface area contributed by atoms with Crippen molar-refractivity contribution in [2.45, 2.75) is 6.04 Å². The van der Waals surface area contributed by atoms with E-state index in [2.05, 4.69) is 22.0 Å². The van der Waals surface area contributed by atoms with E-state index in [1.54, 1.807) is 13.4 Å². The van der Waals surface area contributed by atoms with E-state index in [4.69, 9.17) is 14.9 Å². The highest BCUT2D eigenvalue weighted by Crippen LogP contribution is 2.35. The van der Waals surface area contributed by atoms with Crippen LogP contribution in [-0.2, 0) is 0 Å². The number of ether oxygens (including phenoxy) is 1. The summed E-state index contributed by atoms with van der Waals surface area (Å²) in [5.74, 6) is 0.850. The summed E-state index contributed by atoms with van der Waals surface area (Å²) < 4.78 is 11.4. The van der Waals surface area contributed by atoms with Crippen LogP contribution < -0.4 is 10.5 Å². The molecule has 0 spiro atoms. The summed E-state index contributed by atoms with van der Waals surface area (Å²) in [6, 6.07) is 13.7. The van der Waals surface area contributed by atoms with Crippen molar-refractivity contribution in [3.05, 3.63) is 64.5 Å². The topological polar surface area (TPSA) is 48.4 Å². The Bertz CT molecular complexity index is 751. The zero-order valence-corrected chi connectivity index (χ0v) is 12.6. The summed E-state index contributed by atoms with van der Waals surface area (Å²) in [6.45, 7) is 0. The Balaban J connectivity index is 2.20. The molecule has 1 aromatic heterocycles. The average molecular weight is 332 g/mol. The third-order valence-corrected chi connectivity index (χ3v) is 4.10. The van der Waals surface area contributed by atoms with Gasteiger partial charge in [-0.1, -0.05) is 30.3 Å². The van der Waals surface area contributed by atoms with E-state index in [0.717, 1.165) is 27.6 Å². The van der Waals surface area contributed by atoms with Gasteiger partial charge in [-0.15, -0.1) is 0 Å². The molecule has 0 fully saturated rings. The first kappa shape index (κ1) is 13.2. The molecule has 1 unspecified atom stereocenters. The fourth-order valence-electron chi connectivity index (χ4n) is 2.44. The standard InChI is InChI=1S/C16H14BrNO2/c1-19-14-7-6-12(10-4-2-3-5-11(10)14)15(18)13-8-9-20-16(13)17/h2-9,15H,18H2,1H3. The van der Waals surface area contributed by atoms with Crippen LogP contribution in [0.3, 0.4) is 0 Å². The summed E-state index contributed by atoms with van der Waals surface area (Å²) in [7, 11) is 1.67. The van der Waals surface area contributed by atoms with Gasteiger partial charge in [0.05, 0.1) is 19.4 Å². The van der Waals surface area contributed by atoms with Crippen molar-refractivity contribution < 1.29 is 9.15 Å². The van der Waals surface area contributed by atoms with Gasteiger partial charge in [0.15, 0.2) is 4.67 Å². The Hall–Kier alpha value is -1.78. The van der Waals surface area contributed by atoms with Gasteiger partial charge in [0.2, 0.25) is 0 Å². The number of hydrogen-bond donors (Lipinski definition) is 1. The summed E-state index contributed by atoms with van der Waals surface area (Å²) in [5, 5.41) is 2.15. The van der Waals surface area contributed by atoms with Gasteiger partial charge < -0.3 is 14.9 Å². The van der Waals surface area contributed by atoms with Crippen molar-refractivity contribution in [1.82, 2.24) is 0 Å². The Labute approximate surface area is 125 Å². The second kappa shape index (κ2) is 5.31. The van der Waals surface area contributed by atoms with Crippen molar-refractivity contribution in [1.29, 1.82) is 0 Å². The molecule has 102 valence electrons. The molecule has 0 saturated carbocycles. The highest BCUT2D eigenvalue weighted by atomic mass is 79.9. The molecular weight excluding hydrogens is 318 g/mol. The van der Waals surface area contributed by atoms with Gasteiger partial charge in [0.25, 0.3) is 0 Å². The normalized spacial score (nSPS) is 12.6. The van der Waals surface area contributed by atoms with E-state index in [1.807, 2.05) is 36.4 Å². The Morgan fingerprint density at radius 3 is 2.45 bits per heavy atom. The monoisotopic (exact) mass is 331 g/mol. The van der Waals surface area contributed by atoms with Crippen LogP contribution in [0.25, 0.3) is 10.8 Å². The van der Waals surface area contributed by atoms with Crippen LogP contribution in [0, 0.1) is 0 Å². The van der Waals surface area contributed by atoms with Gasteiger partial charge >= 0.3 is 0 Å². The fraction of sp³-hybridized carbons (Fsp3) is 0.125. The van der Waals surface area contributed by atoms with Crippen molar-refractivity contribution in [2.75, 3.05) is 7.11 Å². The summed E-state index contributed by atoms with van der Waals surface area (Å²) in [6.07, 6.45) is 1.63. The first-order valence-corrected chi connectivity index (χ1v) is 7.05. The van der Waals surface area contributed by atoms with Gasteiger partial charge in [-0.05, 0) is 39.0 Å². The van der Waals surface area contributed by atoms with Crippen LogP contribution in [-0.4, -0.2) is 7.11 Å². The Kier molecular flexibility index (Phi) is 3.51. The Morgan fingerprint density at radius 1 is 1.05 bits per heavy atom. The van der Waals surface area contributed by atoms with Crippen LogP contribution in [0.1, 0.15) is 17.2 Å². The number of rotatable bonds is 3. The molecule has 2 N–H and O–H groups in total. The van der Waals surface area contributed by atoms with Gasteiger partial charge in [-0.2, -0.15) is 0 Å². The molecule has 2 aromatic carbocycles. The minimum absolute atomic E-state index is 0.251. The van der Waals surface area contributed by atoms with E-state index in [-0.39, 0.29) is 6.04 Å². The summed E-state index contributed by atoms with van der Waals surface area (Å²) >= 11 is 3.39. The lowest BCUT2D eigenvalue weighted by Gasteiger charge is -2.15. The molecule has 0 aliphatic heterocycles. The molecular formula is C16H14BrNO2. The van der Waals surface area contributed by atoms with Crippen molar-refractivity contribution >= 4 is 26.7 Å². The number of furan rings is 1. The van der Waals surface area contributed by atoms with Crippen LogP contribution >= 0.6 is 15.9 Å². The van der Waals surface area contributed by atoms with E-state index in [9.17, 15) is 0 Å². The first-order chi connectivity index (χ1) is 9.72. The number of benzene rings is 2. The third kappa shape index (κ3) is 2.11. The highest BCUT2D eigenvalue weighted by Gasteiger charge is 2.17. The van der Waals surface area contributed by atoms with E-state index >= 15 is 0 Å². The molecule has 3 nitrogen and oxygen atoms in total. The average Bonchev–Trinajstić information content (AvgIpc) is 2.91. The Morgan fingerprint density at radius 2 is 1.80 bits per heavy atom. The maximum absolute atomic E-state index is 6.39. The van der Waals surface area contributed by atoms with Crippen molar-refractivity contribution in [3.63, 3.8) is 0 Å². The van der Waals surface area contributed by atoms with Gasteiger partial charge in [-0.25, -0.2) is 0 Å². The highest BCUT2D eigenvalue weighted by molar-refractivity contribution is 9.10. The van der Waals surface area contributed by atoms with Crippen LogP contribution in [0.4, 0.5) is 0 Å². The zero-order chi connectivity index (χ0) is 14.1. The number of fused-ring (bicyclic) bond motifs is 1. The smallest absolute Gasteiger partial charge is 0.174 e. The minimum Gasteiger partial charge on any atom is -0.496 e. The maximum atomic E-state index is 6.39. The van der Waals surface area contributed by atoms with Crippen molar-refractivity contribution in [3.8, 4) is 5.75 Å². The van der Waals surface area contributed by atoms with Crippen molar-refractivity contribution in [2.24, 2.45) is 5.73 Å². The number of halogens is 1. The largest absolute Gasteiger partial charge is 0.496 e. The molecule has 3 rings (SSSR count). The van der Waals surface area contributed by atoms with E-state index < -0.39 is 0 Å². The maximum Gasteiger partial charge on any atom is 0.174 e. The SMILES string of the molecule is COc1ccc(C(N)c2ccoc2Br)c2ccccc12. The van der Waals surface area contributed by atoms with Crippen LogP contribution in [0.15, 0.2) is 57.8 Å². The molecule has 0 aliphatic carbocycles. The lowest BCUT2D eigenvalue weighted by molar-refractivity contribution is 0.419. The quantitative estimate of drug-likeness (QED) is 0.780. The molecule has 0 bridgehead atoms. The summed E-state index contributed by atoms with van der Waals surface area (Å²) in [5.41, 5.74) is 8.36. The zero-order valence-electron chi connectivity index (χ0n) is 11.0. The number of methoxy groups -OCH3 is 1. The van der Waals surface area contributed by atoms with E-state index in [1.165, 1.54) is 0 Å². The second-order valence-corrected chi connectivity index (χ2v) is 5.25. The van der Waals surface area contributed by atoms with E-state index in [0.29, 0.717) is 4.67 Å². The lowest BCUT2D eigenvalue weighted by Crippen LogP contribution is -2.12. The predicted molar refractivity (Wildman–Crippen MR) is 82.9 cm³/mol. The summed E-state index contributed by atoms with van der Waals surface area (Å²) in [4.78, 5) is 0.